The van der Waals surface area contributed by atoms with E-state index in [2.05, 4.69) is 47.1 Å². The second-order valence-electron chi connectivity index (χ2n) is 5.78. The highest BCUT2D eigenvalue weighted by Gasteiger charge is 2.32. The van der Waals surface area contributed by atoms with Crippen LogP contribution in [0.2, 0.25) is 0 Å². The minimum atomic E-state index is 0. The Kier molecular flexibility index (Phi) is 6.38. The van der Waals surface area contributed by atoms with Crippen LogP contribution in [-0.4, -0.2) is 29.5 Å². The van der Waals surface area contributed by atoms with Gasteiger partial charge >= 0.3 is 0 Å². The molecule has 2 aromatic rings. The van der Waals surface area contributed by atoms with Crippen LogP contribution in [0.5, 0.6) is 0 Å². The molecule has 1 aromatic heterocycles. The van der Waals surface area contributed by atoms with Crippen molar-refractivity contribution in [2.24, 2.45) is 11.7 Å². The maximum Gasteiger partial charge on any atom is 0.0925 e. The fourth-order valence-electron chi connectivity index (χ4n) is 3.21. The van der Waals surface area contributed by atoms with Gasteiger partial charge < -0.3 is 5.73 Å². The highest BCUT2D eigenvalue weighted by Crippen LogP contribution is 2.33. The van der Waals surface area contributed by atoms with Crippen LogP contribution in [0, 0.1) is 5.92 Å². The van der Waals surface area contributed by atoms with E-state index in [9.17, 15) is 0 Å². The molecule has 1 aliphatic heterocycles. The molecule has 2 N–H and O–H groups in total. The van der Waals surface area contributed by atoms with Gasteiger partial charge in [-0.1, -0.05) is 37.3 Å². The Morgan fingerprint density at radius 1 is 1.27 bits per heavy atom. The number of nitrogens with two attached hydrogens (primary N) is 1. The van der Waals surface area contributed by atoms with Crippen molar-refractivity contribution in [3.8, 4) is 0 Å². The fourth-order valence-corrected chi connectivity index (χ4v) is 4.12. The van der Waals surface area contributed by atoms with Crippen molar-refractivity contribution in [1.29, 1.82) is 0 Å². The molecule has 120 valence electrons. The van der Waals surface area contributed by atoms with Gasteiger partial charge in [-0.05, 0) is 24.4 Å². The molecule has 1 aromatic carbocycles. The third kappa shape index (κ3) is 3.87. The number of hydrogen-bond donors (Lipinski definition) is 1. The molecular formula is C17H24ClN3S. The Labute approximate surface area is 143 Å². The number of rotatable bonds is 5. The summed E-state index contributed by atoms with van der Waals surface area (Å²) in [4.78, 5) is 8.36. The van der Waals surface area contributed by atoms with Gasteiger partial charge in [-0.15, -0.1) is 23.7 Å². The van der Waals surface area contributed by atoms with E-state index in [4.69, 9.17) is 5.73 Å². The van der Waals surface area contributed by atoms with Crippen molar-refractivity contribution in [2.75, 3.05) is 19.6 Å². The molecule has 5 heteroatoms. The summed E-state index contributed by atoms with van der Waals surface area (Å²) in [7, 11) is 0. The predicted molar refractivity (Wildman–Crippen MR) is 95.7 cm³/mol. The molecule has 0 unspecified atom stereocenters. The molecule has 2 atom stereocenters. The molecule has 0 spiro atoms. The van der Waals surface area contributed by atoms with Crippen LogP contribution in [0.25, 0.3) is 0 Å². The van der Waals surface area contributed by atoms with Crippen LogP contribution in [0.15, 0.2) is 36.5 Å². The topological polar surface area (TPSA) is 42.2 Å². The first-order chi connectivity index (χ1) is 10.3. The van der Waals surface area contributed by atoms with Crippen LogP contribution in [0.1, 0.15) is 28.3 Å². The zero-order valence-corrected chi connectivity index (χ0v) is 14.6. The Morgan fingerprint density at radius 2 is 2.05 bits per heavy atom. The van der Waals surface area contributed by atoms with Crippen LogP contribution < -0.4 is 5.73 Å². The normalized spacial score (nSPS) is 21.7. The zero-order valence-electron chi connectivity index (χ0n) is 12.9. The summed E-state index contributed by atoms with van der Waals surface area (Å²) < 4.78 is 0. The molecule has 2 heterocycles. The third-order valence-electron chi connectivity index (χ3n) is 4.33. The standard InChI is InChI=1S/C17H23N3S.ClH/c1-2-17-19-9-15(21-17)11-20-10-14(8-18)16(12-20)13-6-4-3-5-7-13;/h3-7,9,14,16H,2,8,10-12,18H2,1H3;1H/t14-,16+;/m1./s1. The summed E-state index contributed by atoms with van der Waals surface area (Å²) in [5, 5.41) is 1.24. The maximum atomic E-state index is 6.01. The minimum absolute atomic E-state index is 0. The Balaban J connectivity index is 0.00000176. The monoisotopic (exact) mass is 337 g/mol. The third-order valence-corrected chi connectivity index (χ3v) is 5.46. The van der Waals surface area contributed by atoms with Crippen molar-refractivity contribution in [1.82, 2.24) is 9.88 Å². The Bertz CT molecular complexity index is 572. The lowest BCUT2D eigenvalue weighted by molar-refractivity contribution is 0.319. The first kappa shape index (κ1) is 17.4. The number of nitrogens with zero attached hydrogens (tertiary/aromatic N) is 2. The summed E-state index contributed by atoms with van der Waals surface area (Å²) in [5.74, 6) is 1.13. The summed E-state index contributed by atoms with van der Waals surface area (Å²) >= 11 is 1.84. The molecule has 0 radical (unpaired) electrons. The number of likely N-dealkylation sites (tertiary alicyclic amines) is 1. The molecule has 1 saturated heterocycles. The quantitative estimate of drug-likeness (QED) is 0.910. The fraction of sp³-hybridized carbons (Fsp3) is 0.471. The van der Waals surface area contributed by atoms with Crippen LogP contribution >= 0.6 is 23.7 Å². The van der Waals surface area contributed by atoms with Crippen LogP contribution in [0.4, 0.5) is 0 Å². The molecular weight excluding hydrogens is 314 g/mol. The number of aryl methyl sites for hydroxylation is 1. The summed E-state index contributed by atoms with van der Waals surface area (Å²) in [5.41, 5.74) is 7.43. The molecule has 0 aliphatic carbocycles. The second-order valence-corrected chi connectivity index (χ2v) is 6.98. The minimum Gasteiger partial charge on any atom is -0.330 e. The summed E-state index contributed by atoms with van der Waals surface area (Å²) in [6.07, 6.45) is 3.07. The summed E-state index contributed by atoms with van der Waals surface area (Å²) in [6.45, 7) is 6.13. The number of benzene rings is 1. The van der Waals surface area contributed by atoms with E-state index in [1.54, 1.807) is 0 Å². The van der Waals surface area contributed by atoms with Crippen molar-refractivity contribution in [3.05, 3.63) is 52.0 Å². The second kappa shape index (κ2) is 8.06. The molecule has 0 amide bonds. The van der Waals surface area contributed by atoms with Crippen LogP contribution in [0.3, 0.4) is 0 Å². The molecule has 1 fully saturated rings. The molecule has 3 rings (SSSR count). The lowest BCUT2D eigenvalue weighted by atomic mass is 9.89. The number of thiazole rings is 1. The van der Waals surface area contributed by atoms with Gasteiger partial charge in [0.25, 0.3) is 0 Å². The van der Waals surface area contributed by atoms with Crippen LogP contribution in [-0.2, 0) is 13.0 Å². The first-order valence-corrected chi connectivity index (χ1v) is 8.52. The highest BCUT2D eigenvalue weighted by molar-refractivity contribution is 7.11. The van der Waals surface area contributed by atoms with Gasteiger partial charge in [-0.25, -0.2) is 4.98 Å². The molecule has 1 aliphatic rings. The van der Waals surface area contributed by atoms with Gasteiger partial charge in [0.05, 0.1) is 5.01 Å². The average Bonchev–Trinajstić information content (AvgIpc) is 3.15. The van der Waals surface area contributed by atoms with Crippen molar-refractivity contribution >= 4 is 23.7 Å². The van der Waals surface area contributed by atoms with E-state index in [1.165, 1.54) is 15.4 Å². The van der Waals surface area contributed by atoms with Gasteiger partial charge in [0.15, 0.2) is 0 Å². The number of hydrogen-bond acceptors (Lipinski definition) is 4. The molecule has 0 bridgehead atoms. The number of aromatic nitrogens is 1. The summed E-state index contributed by atoms with van der Waals surface area (Å²) in [6, 6.07) is 10.8. The van der Waals surface area contributed by atoms with E-state index < -0.39 is 0 Å². The van der Waals surface area contributed by atoms with Crippen molar-refractivity contribution < 1.29 is 0 Å². The van der Waals surface area contributed by atoms with Gasteiger partial charge in [0, 0.05) is 36.6 Å². The number of halogens is 1. The van der Waals surface area contributed by atoms with E-state index in [-0.39, 0.29) is 12.4 Å². The smallest absolute Gasteiger partial charge is 0.0925 e. The van der Waals surface area contributed by atoms with E-state index in [1.807, 2.05) is 17.5 Å². The predicted octanol–water partition coefficient (Wildman–Crippen LogP) is 3.30. The average molecular weight is 338 g/mol. The van der Waals surface area contributed by atoms with Crippen molar-refractivity contribution in [3.63, 3.8) is 0 Å². The van der Waals surface area contributed by atoms with Gasteiger partial charge in [0.1, 0.15) is 0 Å². The Hall–Kier alpha value is -0.940. The first-order valence-electron chi connectivity index (χ1n) is 7.71. The van der Waals surface area contributed by atoms with E-state index >= 15 is 0 Å². The zero-order chi connectivity index (χ0) is 14.7. The highest BCUT2D eigenvalue weighted by atomic mass is 35.5. The molecule has 0 saturated carbocycles. The van der Waals surface area contributed by atoms with Crippen molar-refractivity contribution in [2.45, 2.75) is 25.8 Å². The van der Waals surface area contributed by atoms with Gasteiger partial charge in [-0.3, -0.25) is 4.90 Å². The van der Waals surface area contributed by atoms with Gasteiger partial charge in [-0.2, -0.15) is 0 Å². The molecule has 3 nitrogen and oxygen atoms in total. The van der Waals surface area contributed by atoms with E-state index in [0.29, 0.717) is 11.8 Å². The largest absolute Gasteiger partial charge is 0.330 e. The Morgan fingerprint density at radius 3 is 2.68 bits per heavy atom. The lowest BCUT2D eigenvalue weighted by Crippen LogP contribution is -2.22. The van der Waals surface area contributed by atoms with Gasteiger partial charge in [0.2, 0.25) is 0 Å². The molecule has 22 heavy (non-hydrogen) atoms. The SMILES string of the molecule is CCc1ncc(CN2C[C@@H](CN)[C@H](c3ccccc3)C2)s1.Cl. The lowest BCUT2D eigenvalue weighted by Gasteiger charge is -2.16. The maximum absolute atomic E-state index is 6.01. The van der Waals surface area contributed by atoms with E-state index in [0.717, 1.165) is 32.6 Å².